The fraction of sp³-hybridized carbons (Fsp3) is 0.278. The molecule has 1 aliphatic carbocycles. The minimum absolute atomic E-state index is 0.189. The molecule has 3 heteroatoms. The van der Waals surface area contributed by atoms with E-state index in [-0.39, 0.29) is 11.9 Å². The van der Waals surface area contributed by atoms with Gasteiger partial charge in [-0.25, -0.2) is 0 Å². The minimum Gasteiger partial charge on any atom is -0.426 e. The van der Waals surface area contributed by atoms with Crippen LogP contribution in [-0.2, 0) is 11.2 Å². The summed E-state index contributed by atoms with van der Waals surface area (Å²) in [6.07, 6.45) is 2.83. The van der Waals surface area contributed by atoms with E-state index in [9.17, 15) is 4.79 Å². The molecule has 0 heterocycles. The van der Waals surface area contributed by atoms with Crippen LogP contribution in [0.2, 0.25) is 0 Å². The first kappa shape index (κ1) is 13.7. The molecule has 1 unspecified atom stereocenters. The highest BCUT2D eigenvalue weighted by atomic mass is 16.5. The van der Waals surface area contributed by atoms with E-state index in [2.05, 4.69) is 0 Å². The predicted molar refractivity (Wildman–Crippen MR) is 83.3 cm³/mol. The van der Waals surface area contributed by atoms with Crippen LogP contribution < -0.4 is 10.5 Å². The van der Waals surface area contributed by atoms with Crippen LogP contribution in [-0.4, -0.2) is 5.97 Å². The van der Waals surface area contributed by atoms with Crippen molar-refractivity contribution in [2.45, 2.75) is 32.1 Å². The molecule has 0 amide bonds. The second-order valence-corrected chi connectivity index (χ2v) is 5.64. The molecule has 21 heavy (non-hydrogen) atoms. The van der Waals surface area contributed by atoms with Gasteiger partial charge in [0.25, 0.3) is 0 Å². The summed E-state index contributed by atoms with van der Waals surface area (Å²) in [6, 6.07) is 13.4. The van der Waals surface area contributed by atoms with E-state index < -0.39 is 0 Å². The minimum atomic E-state index is -0.210. The molecule has 0 saturated heterocycles. The Hall–Kier alpha value is -2.29. The maximum Gasteiger partial charge on any atom is 0.318 e. The average Bonchev–Trinajstić information content (AvgIpc) is 2.49. The van der Waals surface area contributed by atoms with E-state index in [0.717, 1.165) is 30.4 Å². The number of esters is 1. The number of rotatable bonds is 2. The van der Waals surface area contributed by atoms with E-state index in [4.69, 9.17) is 10.5 Å². The molecule has 0 bridgehead atoms. The van der Waals surface area contributed by atoms with Crippen LogP contribution in [0, 0.1) is 6.92 Å². The standard InChI is InChI=1S/C18H19NO2/c1-12-5-9-15(10-6-12)21-18(20)16-4-2-3-13-7-8-14(19)11-17(13)16/h5-11,16H,2-4,19H2,1H3. The quantitative estimate of drug-likeness (QED) is 0.520. The number of hydrogen-bond acceptors (Lipinski definition) is 3. The van der Waals surface area contributed by atoms with Gasteiger partial charge in [-0.05, 0) is 61.6 Å². The summed E-state index contributed by atoms with van der Waals surface area (Å²) in [4.78, 5) is 12.5. The van der Waals surface area contributed by atoms with Crippen molar-refractivity contribution in [3.8, 4) is 5.75 Å². The third-order valence-corrected chi connectivity index (χ3v) is 4.01. The Balaban J connectivity index is 1.83. The number of ether oxygens (including phenoxy) is 1. The van der Waals surface area contributed by atoms with Gasteiger partial charge in [0.2, 0.25) is 0 Å². The molecule has 2 aromatic carbocycles. The Kier molecular flexibility index (Phi) is 3.65. The summed E-state index contributed by atoms with van der Waals surface area (Å²) >= 11 is 0. The van der Waals surface area contributed by atoms with Crippen LogP contribution in [0.5, 0.6) is 5.75 Å². The highest BCUT2D eigenvalue weighted by molar-refractivity contribution is 5.81. The number of nitrogens with two attached hydrogens (primary N) is 1. The van der Waals surface area contributed by atoms with Gasteiger partial charge in [-0.2, -0.15) is 0 Å². The lowest BCUT2D eigenvalue weighted by atomic mass is 9.82. The van der Waals surface area contributed by atoms with Gasteiger partial charge in [-0.1, -0.05) is 23.8 Å². The average molecular weight is 281 g/mol. The number of anilines is 1. The summed E-state index contributed by atoms with van der Waals surface area (Å²) in [5.74, 6) is 0.200. The van der Waals surface area contributed by atoms with E-state index in [1.807, 2.05) is 49.4 Å². The lowest BCUT2D eigenvalue weighted by Crippen LogP contribution is -2.23. The van der Waals surface area contributed by atoms with Crippen LogP contribution in [0.25, 0.3) is 0 Å². The third kappa shape index (κ3) is 2.92. The van der Waals surface area contributed by atoms with Gasteiger partial charge in [0.15, 0.2) is 0 Å². The molecule has 0 fully saturated rings. The maximum atomic E-state index is 12.5. The zero-order valence-electron chi connectivity index (χ0n) is 12.1. The van der Waals surface area contributed by atoms with Gasteiger partial charge in [0, 0.05) is 5.69 Å². The summed E-state index contributed by atoms with van der Waals surface area (Å²) in [6.45, 7) is 2.01. The molecule has 0 radical (unpaired) electrons. The molecule has 108 valence electrons. The lowest BCUT2D eigenvalue weighted by Gasteiger charge is -2.24. The summed E-state index contributed by atoms with van der Waals surface area (Å²) < 4.78 is 5.53. The molecular formula is C18H19NO2. The van der Waals surface area contributed by atoms with Crippen molar-refractivity contribution in [1.29, 1.82) is 0 Å². The Morgan fingerprint density at radius 2 is 1.95 bits per heavy atom. The number of hydrogen-bond donors (Lipinski definition) is 1. The molecule has 1 atom stereocenters. The molecule has 2 N–H and O–H groups in total. The van der Waals surface area contributed by atoms with Crippen molar-refractivity contribution in [1.82, 2.24) is 0 Å². The fourth-order valence-corrected chi connectivity index (χ4v) is 2.86. The Labute approximate surface area is 124 Å². The second kappa shape index (κ2) is 5.60. The highest BCUT2D eigenvalue weighted by Crippen LogP contribution is 2.34. The number of carbonyl (C=O) groups is 1. The smallest absolute Gasteiger partial charge is 0.318 e. The predicted octanol–water partition coefficient (Wildman–Crippen LogP) is 3.60. The van der Waals surface area contributed by atoms with E-state index in [1.54, 1.807) is 0 Å². The Morgan fingerprint density at radius 3 is 2.71 bits per heavy atom. The van der Waals surface area contributed by atoms with E-state index >= 15 is 0 Å². The second-order valence-electron chi connectivity index (χ2n) is 5.64. The highest BCUT2D eigenvalue weighted by Gasteiger charge is 2.28. The van der Waals surface area contributed by atoms with Gasteiger partial charge in [0.05, 0.1) is 5.92 Å². The molecule has 3 nitrogen and oxygen atoms in total. The van der Waals surface area contributed by atoms with Crippen molar-refractivity contribution in [2.24, 2.45) is 0 Å². The summed E-state index contributed by atoms with van der Waals surface area (Å²) in [5, 5.41) is 0. The van der Waals surface area contributed by atoms with Gasteiger partial charge in [-0.15, -0.1) is 0 Å². The number of carbonyl (C=O) groups excluding carboxylic acids is 1. The molecule has 0 saturated carbocycles. The van der Waals surface area contributed by atoms with Gasteiger partial charge in [-0.3, -0.25) is 4.79 Å². The molecule has 0 aliphatic heterocycles. The lowest BCUT2D eigenvalue weighted by molar-refractivity contribution is -0.136. The van der Waals surface area contributed by atoms with Crippen molar-refractivity contribution in [3.05, 3.63) is 59.2 Å². The van der Waals surface area contributed by atoms with Gasteiger partial charge >= 0.3 is 5.97 Å². The third-order valence-electron chi connectivity index (χ3n) is 4.01. The number of fused-ring (bicyclic) bond motifs is 1. The van der Waals surface area contributed by atoms with Crippen LogP contribution in [0.15, 0.2) is 42.5 Å². The SMILES string of the molecule is Cc1ccc(OC(=O)C2CCCc3ccc(N)cc32)cc1. The number of aryl methyl sites for hydroxylation is 2. The number of nitrogen functional groups attached to an aromatic ring is 1. The van der Waals surface area contributed by atoms with E-state index in [1.165, 1.54) is 5.56 Å². The zero-order chi connectivity index (χ0) is 14.8. The molecule has 0 spiro atoms. The fourth-order valence-electron chi connectivity index (χ4n) is 2.86. The van der Waals surface area contributed by atoms with Crippen molar-refractivity contribution >= 4 is 11.7 Å². The van der Waals surface area contributed by atoms with Crippen LogP contribution in [0.3, 0.4) is 0 Å². The Bertz CT molecular complexity index is 661. The largest absolute Gasteiger partial charge is 0.426 e. The number of benzene rings is 2. The summed E-state index contributed by atoms with van der Waals surface area (Å²) in [7, 11) is 0. The zero-order valence-corrected chi connectivity index (χ0v) is 12.1. The Morgan fingerprint density at radius 1 is 1.19 bits per heavy atom. The molecule has 1 aliphatic rings. The molecule has 2 aromatic rings. The summed E-state index contributed by atoms with van der Waals surface area (Å²) in [5.41, 5.74) is 9.94. The van der Waals surface area contributed by atoms with Crippen molar-refractivity contribution < 1.29 is 9.53 Å². The topological polar surface area (TPSA) is 52.3 Å². The van der Waals surface area contributed by atoms with Crippen LogP contribution in [0.1, 0.15) is 35.4 Å². The van der Waals surface area contributed by atoms with Crippen molar-refractivity contribution in [3.63, 3.8) is 0 Å². The first-order valence-electron chi connectivity index (χ1n) is 7.30. The van der Waals surface area contributed by atoms with Gasteiger partial charge in [0.1, 0.15) is 5.75 Å². The van der Waals surface area contributed by atoms with Crippen LogP contribution >= 0.6 is 0 Å². The van der Waals surface area contributed by atoms with E-state index in [0.29, 0.717) is 11.4 Å². The first-order chi connectivity index (χ1) is 10.1. The first-order valence-corrected chi connectivity index (χ1v) is 7.30. The molecule has 0 aromatic heterocycles. The van der Waals surface area contributed by atoms with Gasteiger partial charge < -0.3 is 10.5 Å². The molecular weight excluding hydrogens is 262 g/mol. The van der Waals surface area contributed by atoms with Crippen LogP contribution in [0.4, 0.5) is 5.69 Å². The monoisotopic (exact) mass is 281 g/mol. The normalized spacial score (nSPS) is 17.1. The molecule has 3 rings (SSSR count). The maximum absolute atomic E-state index is 12.5. The van der Waals surface area contributed by atoms with Crippen molar-refractivity contribution in [2.75, 3.05) is 5.73 Å².